The van der Waals surface area contributed by atoms with Gasteiger partial charge in [0.2, 0.25) is 6.10 Å². The second kappa shape index (κ2) is 32.0. The summed E-state index contributed by atoms with van der Waals surface area (Å²) in [6.07, 6.45) is -1.81. The topological polar surface area (TPSA) is 244 Å². The number of rotatable bonds is 18. The van der Waals surface area contributed by atoms with E-state index in [1.807, 2.05) is 92.6 Å². The predicted octanol–water partition coefficient (Wildman–Crippen LogP) is 10.5. The Morgan fingerprint density at radius 3 is 1.71 bits per heavy atom. The minimum Gasteiger partial charge on any atom is -0.748 e. The van der Waals surface area contributed by atoms with Gasteiger partial charge in [-0.1, -0.05) is 61.8 Å². The van der Waals surface area contributed by atoms with E-state index in [-0.39, 0.29) is 96.0 Å². The molecular formula is C65H82BrF4IO17S. The fourth-order valence-corrected chi connectivity index (χ4v) is 11.6. The van der Waals surface area contributed by atoms with Gasteiger partial charge < -0.3 is 42.8 Å². The number of phenols is 1. The van der Waals surface area contributed by atoms with E-state index in [0.717, 1.165) is 37.8 Å². The Balaban J connectivity index is 0.000000245. The minimum atomic E-state index is -5.31. The maximum absolute atomic E-state index is 12.9. The van der Waals surface area contributed by atoms with Crippen LogP contribution in [0.25, 0.3) is 0 Å². The highest BCUT2D eigenvalue weighted by atomic mass is 127. The molecule has 24 heteroatoms. The van der Waals surface area contributed by atoms with Crippen molar-refractivity contribution in [3.63, 3.8) is 0 Å². The number of benzene rings is 4. The van der Waals surface area contributed by atoms with Crippen LogP contribution in [-0.4, -0.2) is 102 Å². The van der Waals surface area contributed by atoms with E-state index in [0.29, 0.717) is 25.0 Å². The standard InChI is InChI=1S/C16H18BrF3O7S.C13H18O5.C12H9FI.C12H16O3.C12H22O2/c1-4-15(2,3)14(22)26-11-6-9(5-10(17)7-11)13(21)27-12(16(18,19)20)8-28(23,24)25;1-4-13(2,3)12(15)18-9-7-5-6-8(16-7)10(9)17-11(6)14;13-10-6-8-12(9-7-10)14-11-4-2-1-3-5-11;1-4-12(2,3)11(14)15-10-7-5-9(13)6-8-10;1-5-11(2,3)10(13)14-12(4)8-6-7-9-12/h5-7,12H,4,8H2,1-3H3,(H,23,24,25);6-10H,4-5H2,1-3H3;1-9H;5-8,13H,4H2,1-3H3;5-9H2,1-4H3/q;;+1;;/p-1. The quantitative estimate of drug-likeness (QED) is 0.0243. The summed E-state index contributed by atoms with van der Waals surface area (Å²) < 4.78 is 123. The first kappa shape index (κ1) is 75.8. The van der Waals surface area contributed by atoms with Gasteiger partial charge in [0.1, 0.15) is 34.8 Å². The number of alkyl halides is 3. The van der Waals surface area contributed by atoms with Crippen LogP contribution in [0.3, 0.4) is 0 Å². The van der Waals surface area contributed by atoms with Crippen LogP contribution in [-0.2, 0) is 57.8 Å². The molecule has 17 nitrogen and oxygen atoms in total. The van der Waals surface area contributed by atoms with Gasteiger partial charge in [0.25, 0.3) is 0 Å². The number of halogens is 6. The molecule has 3 heterocycles. The molecular weight excluding hydrogens is 1370 g/mol. The Hall–Kier alpha value is -5.70. The number of carbonyl (C=O) groups is 6. The Kier molecular flexibility index (Phi) is 27.3. The van der Waals surface area contributed by atoms with Crippen molar-refractivity contribution in [1.29, 1.82) is 0 Å². The van der Waals surface area contributed by atoms with Crippen molar-refractivity contribution < 1.29 is 119 Å². The van der Waals surface area contributed by atoms with Crippen LogP contribution < -0.4 is 30.7 Å². The number of ether oxygens (including phenoxy) is 7. The van der Waals surface area contributed by atoms with Gasteiger partial charge in [-0.2, -0.15) is 13.2 Å². The normalized spacial score (nSPS) is 19.4. The lowest BCUT2D eigenvalue weighted by atomic mass is 9.87. The molecule has 4 fully saturated rings. The summed E-state index contributed by atoms with van der Waals surface area (Å²) in [4.78, 5) is 71.3. The first-order valence-electron chi connectivity index (χ1n) is 29.2. The van der Waals surface area contributed by atoms with E-state index in [2.05, 4.69) is 39.7 Å². The molecule has 89 heavy (non-hydrogen) atoms. The van der Waals surface area contributed by atoms with E-state index in [4.69, 9.17) is 33.5 Å². The molecule has 3 saturated heterocycles. The van der Waals surface area contributed by atoms with Crippen LogP contribution >= 0.6 is 15.9 Å². The summed E-state index contributed by atoms with van der Waals surface area (Å²) in [6, 6.07) is 26.6. The van der Waals surface area contributed by atoms with Crippen LogP contribution in [0.1, 0.15) is 158 Å². The molecule has 0 spiro atoms. The first-order valence-corrected chi connectivity index (χ1v) is 33.7. The monoisotopic (exact) mass is 1450 g/mol. The van der Waals surface area contributed by atoms with Gasteiger partial charge in [0.15, 0.2) is 19.3 Å². The number of aromatic hydroxyl groups is 1. The zero-order valence-corrected chi connectivity index (χ0v) is 57.0. The van der Waals surface area contributed by atoms with Crippen molar-refractivity contribution in [2.45, 2.75) is 190 Å². The third kappa shape index (κ3) is 23.2. The van der Waals surface area contributed by atoms with Gasteiger partial charge in [-0.25, -0.2) is 17.6 Å². The molecule has 1 aliphatic carbocycles. The van der Waals surface area contributed by atoms with Crippen LogP contribution in [0.4, 0.5) is 17.6 Å². The maximum Gasteiger partial charge on any atom is 0.426 e. The molecule has 1 saturated carbocycles. The second-order valence-corrected chi connectivity index (χ2v) is 30.1. The highest BCUT2D eigenvalue weighted by molar-refractivity contribution is 9.10. The number of phenolic OH excluding ortho intramolecular Hbond substituents is 1. The average molecular weight is 1450 g/mol. The molecule has 4 aromatic rings. The van der Waals surface area contributed by atoms with Crippen molar-refractivity contribution in [2.75, 3.05) is 5.75 Å². The van der Waals surface area contributed by atoms with Crippen molar-refractivity contribution in [2.24, 2.45) is 27.6 Å². The molecule has 1 N–H and O–H groups in total. The van der Waals surface area contributed by atoms with Gasteiger partial charge >= 0.3 is 63.2 Å². The summed E-state index contributed by atoms with van der Waals surface area (Å²) in [5.41, 5.74) is -2.77. The SMILES string of the molecule is CCC(C)(C)C(=O)OC1(C)CCCC1.CCC(C)(C)C(=O)OC1C2CC3C(=O)OC1C3O2.CCC(C)(C)C(=O)Oc1cc(Br)cc(C(=O)OC(CS(=O)(=O)[O-])C(F)(F)F)c1.CCC(C)(C)C(=O)Oc1ccc(O)cc1.Fc1ccc([I+]c2ccccc2)cc1. The van der Waals surface area contributed by atoms with Crippen LogP contribution in [0, 0.1) is 40.5 Å². The summed E-state index contributed by atoms with van der Waals surface area (Å²) in [5, 5.41) is 9.06. The van der Waals surface area contributed by atoms with E-state index in [1.54, 1.807) is 32.9 Å². The lowest BCUT2D eigenvalue weighted by molar-refractivity contribution is -0.597. The fraction of sp³-hybridized carbons (Fsp3) is 0.538. The molecule has 0 amide bonds. The predicted molar refractivity (Wildman–Crippen MR) is 319 cm³/mol. The molecule has 4 aromatic carbocycles. The minimum absolute atomic E-state index is 0.0376. The second-order valence-electron chi connectivity index (χ2n) is 24.7. The molecule has 8 rings (SSSR count). The Morgan fingerprint density at radius 1 is 0.708 bits per heavy atom. The van der Waals surface area contributed by atoms with Crippen LogP contribution in [0.2, 0.25) is 0 Å². The van der Waals surface area contributed by atoms with Gasteiger partial charge in [-0.3, -0.25) is 24.0 Å². The van der Waals surface area contributed by atoms with Crippen molar-refractivity contribution in [1.82, 2.24) is 0 Å². The molecule has 3 aliphatic heterocycles. The van der Waals surface area contributed by atoms with Gasteiger partial charge in [-0.05, 0) is 199 Å². The average Bonchev–Trinajstić information content (AvgIpc) is 1.61. The molecule has 492 valence electrons. The molecule has 6 unspecified atom stereocenters. The van der Waals surface area contributed by atoms with E-state index in [1.165, 1.54) is 50.3 Å². The maximum atomic E-state index is 12.9. The third-order valence-corrected chi connectivity index (χ3v) is 19.7. The van der Waals surface area contributed by atoms with Gasteiger partial charge in [0.05, 0.1) is 55.1 Å². The Labute approximate surface area is 538 Å². The van der Waals surface area contributed by atoms with Crippen molar-refractivity contribution >= 4 is 61.9 Å². The Morgan fingerprint density at radius 2 is 1.20 bits per heavy atom. The summed E-state index contributed by atoms with van der Waals surface area (Å²) >= 11 is 2.88. The zero-order valence-electron chi connectivity index (χ0n) is 52.4. The van der Waals surface area contributed by atoms with Crippen molar-refractivity contribution in [3.8, 4) is 17.2 Å². The molecule has 0 radical (unpaired) electrons. The smallest absolute Gasteiger partial charge is 0.426 e. The number of fused-ring (bicyclic) bond motifs is 1. The van der Waals surface area contributed by atoms with Crippen molar-refractivity contribution in [3.05, 3.63) is 120 Å². The van der Waals surface area contributed by atoms with E-state index >= 15 is 0 Å². The van der Waals surface area contributed by atoms with Gasteiger partial charge in [-0.15, -0.1) is 0 Å². The van der Waals surface area contributed by atoms with E-state index < -0.39 is 74.1 Å². The lowest BCUT2D eigenvalue weighted by Crippen LogP contribution is -3.61. The molecule has 2 bridgehead atoms. The highest BCUT2D eigenvalue weighted by Gasteiger charge is 2.65. The number of esters is 6. The Bertz CT molecular complexity index is 3150. The van der Waals surface area contributed by atoms with Gasteiger partial charge in [0, 0.05) is 4.47 Å². The summed E-state index contributed by atoms with van der Waals surface area (Å²) in [5.74, 6) is -4.69. The first-order chi connectivity index (χ1) is 41.2. The van der Waals surface area contributed by atoms with Crippen LogP contribution in [0.5, 0.6) is 17.2 Å². The molecule has 6 atom stereocenters. The zero-order chi connectivity index (χ0) is 67.1. The molecule has 0 aromatic heterocycles. The van der Waals surface area contributed by atoms with Crippen LogP contribution in [0.15, 0.2) is 102 Å². The lowest BCUT2D eigenvalue weighted by Gasteiger charge is -2.29. The molecule has 4 aliphatic rings. The summed E-state index contributed by atoms with van der Waals surface area (Å²) in [7, 11) is -5.31. The summed E-state index contributed by atoms with van der Waals surface area (Å²) in [6.45, 7) is 24.3. The number of hydrogen-bond acceptors (Lipinski definition) is 17. The third-order valence-electron chi connectivity index (χ3n) is 15.9. The fourth-order valence-electron chi connectivity index (χ4n) is 8.25. The largest absolute Gasteiger partial charge is 0.748 e. The highest BCUT2D eigenvalue weighted by Crippen LogP contribution is 2.48. The van der Waals surface area contributed by atoms with E-state index in [9.17, 15) is 59.3 Å². The number of hydrogen-bond donors (Lipinski definition) is 1. The number of carbonyl (C=O) groups excluding carboxylic acids is 6.